The molecule has 32 heavy (non-hydrogen) atoms. The van der Waals surface area contributed by atoms with E-state index in [-0.39, 0.29) is 5.91 Å². The maximum Gasteiger partial charge on any atom is 0.256 e. The van der Waals surface area contributed by atoms with Crippen LogP contribution in [0.2, 0.25) is 10.0 Å². The highest BCUT2D eigenvalue weighted by Crippen LogP contribution is 2.22. The summed E-state index contributed by atoms with van der Waals surface area (Å²) in [7, 11) is 0. The molecule has 0 radical (unpaired) electrons. The van der Waals surface area contributed by atoms with Crippen LogP contribution in [0.15, 0.2) is 83.5 Å². The Morgan fingerprint density at radius 1 is 1.03 bits per heavy atom. The van der Waals surface area contributed by atoms with E-state index in [9.17, 15) is 4.79 Å². The third-order valence-electron chi connectivity index (χ3n) is 4.62. The molecular formula is C24H18BrCl2N3O2. The summed E-state index contributed by atoms with van der Waals surface area (Å²) in [5.41, 5.74) is 2.30. The smallest absolute Gasteiger partial charge is 0.256 e. The van der Waals surface area contributed by atoms with Crippen molar-refractivity contribution in [2.24, 2.45) is 0 Å². The van der Waals surface area contributed by atoms with E-state index in [4.69, 9.17) is 27.9 Å². The number of hydrogen-bond acceptors (Lipinski definition) is 3. The molecule has 0 saturated carbocycles. The summed E-state index contributed by atoms with van der Waals surface area (Å²) in [6, 6.07) is 22.0. The van der Waals surface area contributed by atoms with Crippen molar-refractivity contribution in [3.05, 3.63) is 110 Å². The van der Waals surface area contributed by atoms with Gasteiger partial charge in [-0.3, -0.25) is 9.48 Å². The van der Waals surface area contributed by atoms with Crippen LogP contribution in [0.3, 0.4) is 0 Å². The van der Waals surface area contributed by atoms with E-state index in [2.05, 4.69) is 26.3 Å². The molecule has 0 unspecified atom stereocenters. The maximum atomic E-state index is 12.7. The second-order valence-corrected chi connectivity index (χ2v) is 8.79. The summed E-state index contributed by atoms with van der Waals surface area (Å²) in [4.78, 5) is 12.7. The van der Waals surface area contributed by atoms with E-state index in [0.29, 0.717) is 34.6 Å². The number of aromatic nitrogens is 2. The first-order valence-electron chi connectivity index (χ1n) is 9.72. The Labute approximate surface area is 204 Å². The van der Waals surface area contributed by atoms with Crippen molar-refractivity contribution < 1.29 is 9.53 Å². The maximum absolute atomic E-state index is 12.7. The van der Waals surface area contributed by atoms with Crippen LogP contribution in [0.1, 0.15) is 21.5 Å². The van der Waals surface area contributed by atoms with E-state index in [1.165, 1.54) is 0 Å². The van der Waals surface area contributed by atoms with Crippen LogP contribution in [0.4, 0.5) is 5.82 Å². The quantitative estimate of drug-likeness (QED) is 0.285. The number of carbonyl (C=O) groups is 1. The van der Waals surface area contributed by atoms with E-state index in [1.807, 2.05) is 42.5 Å². The Kier molecular flexibility index (Phi) is 7.15. The molecule has 0 atom stereocenters. The van der Waals surface area contributed by atoms with Gasteiger partial charge in [0.25, 0.3) is 5.91 Å². The first-order chi connectivity index (χ1) is 15.5. The van der Waals surface area contributed by atoms with Gasteiger partial charge in [-0.25, -0.2) is 0 Å². The Bertz CT molecular complexity index is 1260. The minimum Gasteiger partial charge on any atom is -0.489 e. The zero-order valence-corrected chi connectivity index (χ0v) is 19.9. The fraction of sp³-hybridized carbons (Fsp3) is 0.0833. The second kappa shape index (κ2) is 10.2. The van der Waals surface area contributed by atoms with E-state index in [0.717, 1.165) is 21.3 Å². The molecule has 1 heterocycles. The third kappa shape index (κ3) is 5.91. The highest BCUT2D eigenvalue weighted by atomic mass is 79.9. The average Bonchev–Trinajstić information content (AvgIpc) is 3.21. The van der Waals surface area contributed by atoms with Gasteiger partial charge in [0.15, 0.2) is 5.82 Å². The van der Waals surface area contributed by atoms with Gasteiger partial charge in [-0.05, 0) is 53.6 Å². The molecular weight excluding hydrogens is 513 g/mol. The molecule has 0 saturated heterocycles. The predicted molar refractivity (Wildman–Crippen MR) is 131 cm³/mol. The summed E-state index contributed by atoms with van der Waals surface area (Å²) in [5.74, 6) is 0.959. The largest absolute Gasteiger partial charge is 0.489 e. The minimum absolute atomic E-state index is 0.246. The van der Waals surface area contributed by atoms with Gasteiger partial charge in [-0.1, -0.05) is 63.4 Å². The van der Waals surface area contributed by atoms with Gasteiger partial charge in [0.05, 0.1) is 6.54 Å². The van der Waals surface area contributed by atoms with Crippen LogP contribution in [-0.4, -0.2) is 15.7 Å². The van der Waals surface area contributed by atoms with Crippen molar-refractivity contribution in [2.75, 3.05) is 5.32 Å². The van der Waals surface area contributed by atoms with Crippen molar-refractivity contribution in [3.8, 4) is 5.75 Å². The normalized spacial score (nSPS) is 10.7. The Morgan fingerprint density at radius 3 is 2.69 bits per heavy atom. The first-order valence-corrected chi connectivity index (χ1v) is 11.3. The molecule has 0 aliphatic heterocycles. The standard InChI is InChI=1S/C24H18BrCl2N3O2/c25-19-5-2-6-21(12-19)32-15-16-3-1-4-17(11-16)24(31)28-23-9-10-30(29-23)14-18-7-8-20(26)13-22(18)27/h1-13H,14-15H2,(H,28,29,31). The van der Waals surface area contributed by atoms with Crippen LogP contribution < -0.4 is 10.1 Å². The number of halogens is 3. The summed E-state index contributed by atoms with van der Waals surface area (Å²) < 4.78 is 8.45. The van der Waals surface area contributed by atoms with Gasteiger partial charge in [0.2, 0.25) is 0 Å². The summed E-state index contributed by atoms with van der Waals surface area (Å²) in [6.45, 7) is 0.822. The lowest BCUT2D eigenvalue weighted by atomic mass is 10.1. The van der Waals surface area contributed by atoms with Crippen LogP contribution in [0.5, 0.6) is 5.75 Å². The summed E-state index contributed by atoms with van der Waals surface area (Å²) in [6.07, 6.45) is 1.78. The number of hydrogen-bond donors (Lipinski definition) is 1. The van der Waals surface area contributed by atoms with E-state index < -0.39 is 0 Å². The minimum atomic E-state index is -0.246. The summed E-state index contributed by atoms with van der Waals surface area (Å²) in [5, 5.41) is 8.38. The molecule has 162 valence electrons. The van der Waals surface area contributed by atoms with Crippen LogP contribution in [0, 0.1) is 0 Å². The monoisotopic (exact) mass is 529 g/mol. The zero-order valence-electron chi connectivity index (χ0n) is 16.8. The van der Waals surface area contributed by atoms with Crippen molar-refractivity contribution in [1.29, 1.82) is 0 Å². The Morgan fingerprint density at radius 2 is 1.88 bits per heavy atom. The van der Waals surface area contributed by atoms with Gasteiger partial charge in [-0.15, -0.1) is 0 Å². The van der Waals surface area contributed by atoms with Crippen molar-refractivity contribution in [2.45, 2.75) is 13.2 Å². The fourth-order valence-corrected chi connectivity index (χ4v) is 3.90. The molecule has 1 N–H and O–H groups in total. The SMILES string of the molecule is O=C(Nc1ccn(Cc2ccc(Cl)cc2Cl)n1)c1cccc(COc2cccc(Br)c2)c1. The molecule has 0 spiro atoms. The molecule has 5 nitrogen and oxygen atoms in total. The van der Waals surface area contributed by atoms with Crippen molar-refractivity contribution in [3.63, 3.8) is 0 Å². The van der Waals surface area contributed by atoms with Crippen LogP contribution in [-0.2, 0) is 13.2 Å². The molecule has 4 aromatic rings. The van der Waals surface area contributed by atoms with Crippen LogP contribution >= 0.6 is 39.1 Å². The number of anilines is 1. The topological polar surface area (TPSA) is 56.2 Å². The number of nitrogens with zero attached hydrogens (tertiary/aromatic N) is 2. The molecule has 0 bridgehead atoms. The van der Waals surface area contributed by atoms with Gasteiger partial charge in [-0.2, -0.15) is 5.10 Å². The molecule has 8 heteroatoms. The lowest BCUT2D eigenvalue weighted by molar-refractivity contribution is 0.102. The third-order valence-corrected chi connectivity index (χ3v) is 5.70. The molecule has 0 aliphatic carbocycles. The highest BCUT2D eigenvalue weighted by molar-refractivity contribution is 9.10. The Balaban J connectivity index is 1.38. The number of ether oxygens (including phenoxy) is 1. The molecule has 0 aliphatic rings. The van der Waals surface area contributed by atoms with Crippen LogP contribution in [0.25, 0.3) is 0 Å². The predicted octanol–water partition coefficient (Wildman–Crippen LogP) is 6.83. The highest BCUT2D eigenvalue weighted by Gasteiger charge is 2.10. The molecule has 4 rings (SSSR count). The van der Waals surface area contributed by atoms with E-state index >= 15 is 0 Å². The van der Waals surface area contributed by atoms with Crippen molar-refractivity contribution >= 4 is 50.9 Å². The molecule has 1 amide bonds. The number of amides is 1. The second-order valence-electron chi connectivity index (χ2n) is 7.03. The molecule has 1 aromatic heterocycles. The van der Waals surface area contributed by atoms with Gasteiger partial charge in [0, 0.05) is 32.3 Å². The average molecular weight is 531 g/mol. The number of rotatable bonds is 7. The van der Waals surface area contributed by atoms with Gasteiger partial charge < -0.3 is 10.1 Å². The first kappa shape index (κ1) is 22.4. The molecule has 3 aromatic carbocycles. The van der Waals surface area contributed by atoms with Gasteiger partial charge in [0.1, 0.15) is 12.4 Å². The lowest BCUT2D eigenvalue weighted by Gasteiger charge is -2.08. The fourth-order valence-electron chi connectivity index (χ4n) is 3.06. The number of benzene rings is 3. The number of carbonyl (C=O) groups excluding carboxylic acids is 1. The summed E-state index contributed by atoms with van der Waals surface area (Å²) >= 11 is 15.6. The Hall–Kier alpha value is -2.80. The molecule has 0 fully saturated rings. The number of nitrogens with one attached hydrogen (secondary N) is 1. The lowest BCUT2D eigenvalue weighted by Crippen LogP contribution is -2.13. The van der Waals surface area contributed by atoms with Gasteiger partial charge >= 0.3 is 0 Å². The zero-order chi connectivity index (χ0) is 22.5. The van der Waals surface area contributed by atoms with Crippen molar-refractivity contribution in [1.82, 2.24) is 9.78 Å². The van der Waals surface area contributed by atoms with E-state index in [1.54, 1.807) is 41.2 Å².